The van der Waals surface area contributed by atoms with Crippen LogP contribution in [0.25, 0.3) is 11.3 Å². The third-order valence-electron chi connectivity index (χ3n) is 6.22. The van der Waals surface area contributed by atoms with Gasteiger partial charge in [-0.2, -0.15) is 5.10 Å². The van der Waals surface area contributed by atoms with Gasteiger partial charge in [-0.1, -0.05) is 30.3 Å². The first kappa shape index (κ1) is 20.1. The molecule has 2 atom stereocenters. The third-order valence-corrected chi connectivity index (χ3v) is 7.44. The van der Waals surface area contributed by atoms with Crippen molar-refractivity contribution >= 4 is 15.9 Å². The van der Waals surface area contributed by atoms with E-state index < -0.39 is 10.0 Å². The van der Waals surface area contributed by atoms with Gasteiger partial charge in [0.25, 0.3) is 5.91 Å². The molecule has 9 heteroatoms. The largest absolute Gasteiger partial charge is 0.384 e. The number of methoxy groups -OCH3 is 1. The molecule has 0 bridgehead atoms. The first-order chi connectivity index (χ1) is 13.8. The van der Waals surface area contributed by atoms with E-state index in [0.717, 1.165) is 5.56 Å². The molecule has 2 fully saturated rings. The predicted molar refractivity (Wildman–Crippen MR) is 109 cm³/mol. The zero-order valence-electron chi connectivity index (χ0n) is 16.7. The highest BCUT2D eigenvalue weighted by Crippen LogP contribution is 2.44. The van der Waals surface area contributed by atoms with Crippen LogP contribution in [-0.2, 0) is 14.8 Å². The zero-order chi connectivity index (χ0) is 20.6. The second-order valence-electron chi connectivity index (χ2n) is 8.07. The molecule has 1 aromatic carbocycles. The molecular weight excluding hydrogens is 392 g/mol. The highest BCUT2D eigenvalue weighted by molar-refractivity contribution is 7.88. The van der Waals surface area contributed by atoms with Crippen molar-refractivity contribution in [1.29, 1.82) is 0 Å². The summed E-state index contributed by atoms with van der Waals surface area (Å²) >= 11 is 0. The second-order valence-corrected chi connectivity index (χ2v) is 10.1. The van der Waals surface area contributed by atoms with E-state index in [9.17, 15) is 13.2 Å². The van der Waals surface area contributed by atoms with Crippen LogP contribution in [0.3, 0.4) is 0 Å². The summed E-state index contributed by atoms with van der Waals surface area (Å²) in [5, 5.41) is 7.03. The van der Waals surface area contributed by atoms with Crippen molar-refractivity contribution in [3.8, 4) is 11.3 Å². The van der Waals surface area contributed by atoms with E-state index in [1.54, 1.807) is 13.3 Å². The van der Waals surface area contributed by atoms with Crippen LogP contribution in [0.2, 0.25) is 0 Å². The maximum Gasteiger partial charge on any atom is 0.257 e. The molecule has 2 aliphatic heterocycles. The number of carbonyl (C=O) groups is 1. The lowest BCUT2D eigenvalue weighted by Crippen LogP contribution is -2.50. The van der Waals surface area contributed by atoms with Crippen LogP contribution in [0.5, 0.6) is 0 Å². The fourth-order valence-electron chi connectivity index (χ4n) is 4.64. The van der Waals surface area contributed by atoms with Crippen molar-refractivity contribution in [3.05, 3.63) is 42.1 Å². The number of benzene rings is 1. The van der Waals surface area contributed by atoms with Crippen LogP contribution in [0.15, 0.2) is 36.5 Å². The van der Waals surface area contributed by atoms with Gasteiger partial charge in [-0.15, -0.1) is 0 Å². The van der Waals surface area contributed by atoms with Crippen LogP contribution >= 0.6 is 0 Å². The quantitative estimate of drug-likeness (QED) is 0.793. The van der Waals surface area contributed by atoms with Gasteiger partial charge in [0.2, 0.25) is 10.0 Å². The molecule has 2 saturated heterocycles. The monoisotopic (exact) mass is 418 g/mol. The summed E-state index contributed by atoms with van der Waals surface area (Å²) in [6.45, 7) is 2.44. The number of rotatable bonds is 5. The molecule has 1 aromatic heterocycles. The number of fused-ring (bicyclic) bond motifs is 1. The van der Waals surface area contributed by atoms with Crippen molar-refractivity contribution in [3.63, 3.8) is 0 Å². The minimum atomic E-state index is -3.28. The molecule has 4 rings (SSSR count). The summed E-state index contributed by atoms with van der Waals surface area (Å²) in [6.07, 6.45) is 3.52. The Balaban J connectivity index is 1.57. The van der Waals surface area contributed by atoms with Gasteiger partial charge in [0.05, 0.1) is 30.3 Å². The lowest BCUT2D eigenvalue weighted by Gasteiger charge is -2.43. The smallest absolute Gasteiger partial charge is 0.257 e. The van der Waals surface area contributed by atoms with Gasteiger partial charge in [0.1, 0.15) is 0 Å². The fourth-order valence-corrected chi connectivity index (χ4v) is 5.58. The number of aromatic amines is 1. The number of amides is 1. The maximum atomic E-state index is 13.3. The van der Waals surface area contributed by atoms with Gasteiger partial charge >= 0.3 is 0 Å². The number of likely N-dealkylation sites (tertiary alicyclic amines) is 1. The average molecular weight is 419 g/mol. The Hall–Kier alpha value is -2.23. The average Bonchev–Trinajstić information content (AvgIpc) is 3.32. The van der Waals surface area contributed by atoms with E-state index in [0.29, 0.717) is 50.5 Å². The molecule has 1 N–H and O–H groups in total. The van der Waals surface area contributed by atoms with Crippen molar-refractivity contribution < 1.29 is 17.9 Å². The van der Waals surface area contributed by atoms with Gasteiger partial charge < -0.3 is 9.64 Å². The number of hydrogen-bond acceptors (Lipinski definition) is 5. The molecule has 0 aliphatic carbocycles. The number of nitrogens with one attached hydrogen (secondary N) is 1. The van der Waals surface area contributed by atoms with Gasteiger partial charge in [0, 0.05) is 44.3 Å². The first-order valence-corrected chi connectivity index (χ1v) is 11.5. The fraction of sp³-hybridized carbons (Fsp3) is 0.500. The van der Waals surface area contributed by atoms with Crippen molar-refractivity contribution in [2.24, 2.45) is 11.3 Å². The number of sulfonamides is 1. The van der Waals surface area contributed by atoms with Crippen molar-refractivity contribution in [2.45, 2.75) is 6.42 Å². The lowest BCUT2D eigenvalue weighted by molar-refractivity contribution is 0.00345. The number of aromatic nitrogens is 2. The molecule has 1 amide bonds. The van der Waals surface area contributed by atoms with Crippen LogP contribution < -0.4 is 0 Å². The molecule has 2 aliphatic rings. The zero-order valence-corrected chi connectivity index (χ0v) is 17.5. The highest BCUT2D eigenvalue weighted by Gasteiger charge is 2.52. The summed E-state index contributed by atoms with van der Waals surface area (Å²) in [5.74, 6) is -0.0385. The molecule has 0 saturated carbocycles. The Bertz CT molecular complexity index is 991. The highest BCUT2D eigenvalue weighted by atomic mass is 32.2. The van der Waals surface area contributed by atoms with E-state index in [4.69, 9.17) is 4.74 Å². The van der Waals surface area contributed by atoms with Crippen molar-refractivity contribution in [1.82, 2.24) is 19.4 Å². The number of ether oxygens (including phenoxy) is 1. The number of carbonyl (C=O) groups excluding carboxylic acids is 1. The Morgan fingerprint density at radius 2 is 2.07 bits per heavy atom. The predicted octanol–water partition coefficient (Wildman–Crippen LogP) is 1.45. The van der Waals surface area contributed by atoms with E-state index in [1.165, 1.54) is 10.6 Å². The van der Waals surface area contributed by atoms with Gasteiger partial charge in [-0.05, 0) is 12.3 Å². The molecule has 0 radical (unpaired) electrons. The van der Waals surface area contributed by atoms with Gasteiger partial charge in [-0.3, -0.25) is 9.89 Å². The van der Waals surface area contributed by atoms with E-state index in [-0.39, 0.29) is 17.2 Å². The molecule has 156 valence electrons. The van der Waals surface area contributed by atoms with E-state index in [1.807, 2.05) is 35.2 Å². The molecule has 0 spiro atoms. The minimum Gasteiger partial charge on any atom is -0.384 e. The topological polar surface area (TPSA) is 95.6 Å². The lowest BCUT2D eigenvalue weighted by atomic mass is 9.73. The molecule has 2 aromatic rings. The van der Waals surface area contributed by atoms with Gasteiger partial charge in [0.15, 0.2) is 0 Å². The number of nitrogens with zero attached hydrogens (tertiary/aromatic N) is 3. The van der Waals surface area contributed by atoms with E-state index >= 15 is 0 Å². The van der Waals surface area contributed by atoms with Crippen LogP contribution in [0.4, 0.5) is 0 Å². The van der Waals surface area contributed by atoms with Crippen LogP contribution in [-0.4, -0.2) is 79.9 Å². The molecule has 3 heterocycles. The Kier molecular flexibility index (Phi) is 5.22. The summed E-state index contributed by atoms with van der Waals surface area (Å²) in [7, 11) is -1.64. The summed E-state index contributed by atoms with van der Waals surface area (Å²) in [6, 6.07) is 9.64. The molecule has 0 unspecified atom stereocenters. The number of hydrogen-bond donors (Lipinski definition) is 1. The Morgan fingerprint density at radius 3 is 2.76 bits per heavy atom. The molecule has 29 heavy (non-hydrogen) atoms. The maximum absolute atomic E-state index is 13.3. The normalized spacial score (nSPS) is 25.2. The van der Waals surface area contributed by atoms with E-state index in [2.05, 4.69) is 10.2 Å². The van der Waals surface area contributed by atoms with Gasteiger partial charge in [-0.25, -0.2) is 12.7 Å². The summed E-state index contributed by atoms with van der Waals surface area (Å²) in [5.41, 5.74) is 1.90. The first-order valence-electron chi connectivity index (χ1n) is 9.66. The Morgan fingerprint density at radius 1 is 1.31 bits per heavy atom. The minimum absolute atomic E-state index is 0.0435. The summed E-state index contributed by atoms with van der Waals surface area (Å²) in [4.78, 5) is 15.1. The van der Waals surface area contributed by atoms with Crippen LogP contribution in [0, 0.1) is 11.3 Å². The summed E-state index contributed by atoms with van der Waals surface area (Å²) < 4.78 is 31.2. The SMILES string of the molecule is COC[C@@]12CCN(C(=O)c3cn[nH]c3-c3ccccc3)C[C@@H]1CN(S(C)(=O)=O)C2. The molecule has 8 nitrogen and oxygen atoms in total. The third kappa shape index (κ3) is 3.70. The standard InChI is InChI=1S/C20H26N4O4S/c1-28-14-20-8-9-23(11-16(20)12-24(13-20)29(2,26)27)19(25)17-10-21-22-18(17)15-6-4-3-5-7-15/h3-7,10,16H,8-9,11-14H2,1-2H3,(H,21,22)/t16-,20+/m1/s1. The number of piperidine rings is 1. The Labute approximate surface area is 170 Å². The van der Waals surface area contributed by atoms with Crippen molar-refractivity contribution in [2.75, 3.05) is 46.2 Å². The second kappa shape index (κ2) is 7.55. The van der Waals surface area contributed by atoms with Crippen LogP contribution in [0.1, 0.15) is 16.8 Å². The number of H-pyrrole nitrogens is 1. The molecular formula is C20H26N4O4S.